The van der Waals surface area contributed by atoms with E-state index in [1.807, 2.05) is 6.26 Å². The number of hydrazine groups is 1. The predicted molar refractivity (Wildman–Crippen MR) is 69.2 cm³/mol. The summed E-state index contributed by atoms with van der Waals surface area (Å²) in [5.74, 6) is 5.75. The van der Waals surface area contributed by atoms with E-state index in [0.717, 1.165) is 0 Å². The fraction of sp³-hybridized carbons (Fsp3) is 0.125. The van der Waals surface area contributed by atoms with Gasteiger partial charge < -0.3 is 0 Å². The van der Waals surface area contributed by atoms with Crippen LogP contribution in [0.3, 0.4) is 0 Å². The lowest BCUT2D eigenvalue weighted by Crippen LogP contribution is -2.34. The first-order valence-electron chi connectivity index (χ1n) is 3.64. The maximum absolute atomic E-state index is 5.95. The molecule has 0 aliphatic carbocycles. The molecule has 0 aromatic heterocycles. The van der Waals surface area contributed by atoms with Crippen LogP contribution in [0.4, 0.5) is 5.69 Å². The molecule has 14 heavy (non-hydrogen) atoms. The Labute approximate surface area is 102 Å². The number of nitrogens with two attached hydrogens (primary N) is 1. The third-order valence-electron chi connectivity index (χ3n) is 1.55. The van der Waals surface area contributed by atoms with E-state index in [-0.39, 0.29) is 0 Å². The fourth-order valence-corrected chi connectivity index (χ4v) is 1.87. The van der Waals surface area contributed by atoms with Gasteiger partial charge in [-0.3, -0.25) is 5.01 Å². The van der Waals surface area contributed by atoms with Gasteiger partial charge in [-0.1, -0.05) is 53.2 Å². The predicted octanol–water partition coefficient (Wildman–Crippen LogP) is 3.32. The molecule has 0 radical (unpaired) electrons. The highest BCUT2D eigenvalue weighted by atomic mass is 35.5. The summed E-state index contributed by atoms with van der Waals surface area (Å²) in [4.78, 5) is 0. The molecule has 0 atom stereocenters. The number of thioether (sulfide) groups is 1. The second-order valence-electron chi connectivity index (χ2n) is 2.41. The Morgan fingerprint density at radius 3 is 2.36 bits per heavy atom. The number of para-hydroxylation sites is 1. The molecule has 0 heterocycles. The molecule has 0 aliphatic rings. The molecular formula is C8H8Cl2N2S2. The number of benzene rings is 1. The Bertz CT molecular complexity index is 337. The van der Waals surface area contributed by atoms with Gasteiger partial charge in [-0.2, -0.15) is 0 Å². The highest BCUT2D eigenvalue weighted by Gasteiger charge is 2.13. The molecule has 0 bridgehead atoms. The van der Waals surface area contributed by atoms with Crippen molar-refractivity contribution in [3.8, 4) is 0 Å². The van der Waals surface area contributed by atoms with Crippen LogP contribution >= 0.6 is 47.2 Å². The Morgan fingerprint density at radius 1 is 1.43 bits per heavy atom. The van der Waals surface area contributed by atoms with Crippen LogP contribution in [0.25, 0.3) is 0 Å². The van der Waals surface area contributed by atoms with E-state index >= 15 is 0 Å². The number of rotatable bonds is 1. The molecule has 0 amide bonds. The van der Waals surface area contributed by atoms with Crippen molar-refractivity contribution in [3.05, 3.63) is 28.2 Å². The van der Waals surface area contributed by atoms with Gasteiger partial charge in [0, 0.05) is 0 Å². The van der Waals surface area contributed by atoms with Crippen molar-refractivity contribution < 1.29 is 0 Å². The first kappa shape index (κ1) is 12.1. The van der Waals surface area contributed by atoms with Crippen LogP contribution in [0.1, 0.15) is 0 Å². The van der Waals surface area contributed by atoms with Gasteiger partial charge in [-0.15, -0.1) is 0 Å². The Balaban J connectivity index is 3.11. The Hall–Kier alpha value is -0.000000000000000167. The van der Waals surface area contributed by atoms with Crippen LogP contribution in [0.15, 0.2) is 18.2 Å². The molecule has 1 aromatic carbocycles. The summed E-state index contributed by atoms with van der Waals surface area (Å²) < 4.78 is 0.514. The lowest BCUT2D eigenvalue weighted by atomic mass is 10.3. The van der Waals surface area contributed by atoms with E-state index in [1.54, 1.807) is 18.2 Å². The molecule has 2 nitrogen and oxygen atoms in total. The monoisotopic (exact) mass is 266 g/mol. The minimum absolute atomic E-state index is 0.483. The summed E-state index contributed by atoms with van der Waals surface area (Å²) in [5.41, 5.74) is 0.537. The second-order valence-corrected chi connectivity index (χ2v) is 4.66. The Kier molecular flexibility index (Phi) is 4.47. The van der Waals surface area contributed by atoms with Gasteiger partial charge in [0.15, 0.2) is 4.32 Å². The normalized spacial score (nSPS) is 10.0. The molecule has 0 aliphatic heterocycles. The molecule has 0 saturated heterocycles. The summed E-state index contributed by atoms with van der Waals surface area (Å²) in [5, 5.41) is 2.28. The highest BCUT2D eigenvalue weighted by molar-refractivity contribution is 8.22. The minimum Gasteiger partial charge on any atom is -0.260 e. The molecule has 2 N–H and O–H groups in total. The van der Waals surface area contributed by atoms with Crippen LogP contribution in [0, 0.1) is 0 Å². The Morgan fingerprint density at radius 2 is 1.93 bits per heavy atom. The number of hydrogen-bond donors (Lipinski definition) is 1. The fourth-order valence-electron chi connectivity index (χ4n) is 0.909. The van der Waals surface area contributed by atoms with E-state index in [0.29, 0.717) is 20.1 Å². The van der Waals surface area contributed by atoms with Gasteiger partial charge in [0.25, 0.3) is 0 Å². The van der Waals surface area contributed by atoms with Crippen LogP contribution in [-0.4, -0.2) is 10.6 Å². The summed E-state index contributed by atoms with van der Waals surface area (Å²) in [6.07, 6.45) is 1.84. The number of thiocarbonyl (C=S) groups is 1. The first-order chi connectivity index (χ1) is 6.57. The first-order valence-corrected chi connectivity index (χ1v) is 6.03. The maximum atomic E-state index is 5.95. The van der Waals surface area contributed by atoms with Crippen molar-refractivity contribution in [3.63, 3.8) is 0 Å². The van der Waals surface area contributed by atoms with E-state index in [4.69, 9.17) is 41.3 Å². The second kappa shape index (κ2) is 5.19. The van der Waals surface area contributed by atoms with E-state index in [9.17, 15) is 0 Å². The standard InChI is InChI=1S/C8H8Cl2N2S2/c1-14-8(13)12(11)7-5(9)3-2-4-6(7)10/h2-4H,11H2,1H3. The molecule has 76 valence electrons. The highest BCUT2D eigenvalue weighted by Crippen LogP contribution is 2.32. The number of nitrogens with zero attached hydrogens (tertiary/aromatic N) is 1. The summed E-state index contributed by atoms with van der Waals surface area (Å²) in [6, 6.07) is 5.18. The smallest absolute Gasteiger partial charge is 0.154 e. The number of halogens is 2. The molecule has 0 unspecified atom stereocenters. The van der Waals surface area contributed by atoms with Crippen molar-refractivity contribution in [1.29, 1.82) is 0 Å². The molecular weight excluding hydrogens is 259 g/mol. The topological polar surface area (TPSA) is 29.3 Å². The third kappa shape index (κ3) is 2.52. The van der Waals surface area contributed by atoms with Crippen molar-refractivity contribution in [1.82, 2.24) is 0 Å². The van der Waals surface area contributed by atoms with Gasteiger partial charge in [0.2, 0.25) is 0 Å². The van der Waals surface area contributed by atoms with Gasteiger partial charge in [-0.25, -0.2) is 5.84 Å². The average molecular weight is 267 g/mol. The quantitative estimate of drug-likeness (QED) is 0.480. The SMILES string of the molecule is CSC(=S)N(N)c1c(Cl)cccc1Cl. The van der Waals surface area contributed by atoms with Gasteiger partial charge in [0.1, 0.15) is 0 Å². The lowest BCUT2D eigenvalue weighted by Gasteiger charge is -2.20. The molecule has 0 saturated carbocycles. The number of hydrogen-bond acceptors (Lipinski definition) is 3. The van der Waals surface area contributed by atoms with Gasteiger partial charge in [-0.05, 0) is 18.4 Å². The van der Waals surface area contributed by atoms with E-state index < -0.39 is 0 Å². The molecule has 0 spiro atoms. The van der Waals surface area contributed by atoms with Gasteiger partial charge >= 0.3 is 0 Å². The molecule has 1 aromatic rings. The molecule has 0 fully saturated rings. The van der Waals surface area contributed by atoms with Gasteiger partial charge in [0.05, 0.1) is 15.7 Å². The van der Waals surface area contributed by atoms with Crippen molar-refractivity contribution in [2.75, 3.05) is 11.3 Å². The molecule has 1 rings (SSSR count). The zero-order chi connectivity index (χ0) is 10.7. The number of anilines is 1. The summed E-state index contributed by atoms with van der Waals surface area (Å²) in [6.45, 7) is 0. The van der Waals surface area contributed by atoms with E-state index in [1.165, 1.54) is 16.8 Å². The lowest BCUT2D eigenvalue weighted by molar-refractivity contribution is 1.16. The zero-order valence-electron chi connectivity index (χ0n) is 7.33. The maximum Gasteiger partial charge on any atom is 0.154 e. The summed E-state index contributed by atoms with van der Waals surface area (Å²) >= 11 is 18.3. The van der Waals surface area contributed by atoms with Crippen molar-refractivity contribution in [2.45, 2.75) is 0 Å². The minimum atomic E-state index is 0.483. The van der Waals surface area contributed by atoms with Crippen LogP contribution < -0.4 is 10.9 Å². The average Bonchev–Trinajstić information content (AvgIpc) is 2.16. The summed E-state index contributed by atoms with van der Waals surface area (Å²) in [7, 11) is 0. The largest absolute Gasteiger partial charge is 0.260 e. The van der Waals surface area contributed by atoms with Crippen LogP contribution in [0.2, 0.25) is 10.0 Å². The van der Waals surface area contributed by atoms with E-state index in [2.05, 4.69) is 0 Å². The van der Waals surface area contributed by atoms with Crippen molar-refractivity contribution >= 4 is 57.2 Å². The van der Waals surface area contributed by atoms with Crippen LogP contribution in [-0.2, 0) is 0 Å². The van der Waals surface area contributed by atoms with Crippen LogP contribution in [0.5, 0.6) is 0 Å². The zero-order valence-corrected chi connectivity index (χ0v) is 10.5. The third-order valence-corrected chi connectivity index (χ3v) is 3.40. The van der Waals surface area contributed by atoms with Crippen molar-refractivity contribution in [2.24, 2.45) is 5.84 Å². The molecule has 6 heteroatoms.